The van der Waals surface area contributed by atoms with Crippen LogP contribution in [0.25, 0.3) is 0 Å². The molecule has 2 aromatic rings. The molecule has 0 bridgehead atoms. The lowest BCUT2D eigenvalue weighted by Gasteiger charge is -2.06. The van der Waals surface area contributed by atoms with Gasteiger partial charge in [-0.05, 0) is 6.42 Å². The average molecular weight is 263 g/mol. The SMILES string of the molecule is CCc1nn(C)cc1CNc1nc(N)nc(OC)n1. The Hall–Kier alpha value is -2.38. The van der Waals surface area contributed by atoms with Crippen LogP contribution in [0.5, 0.6) is 6.01 Å². The number of anilines is 2. The van der Waals surface area contributed by atoms with Crippen LogP contribution in [-0.2, 0) is 20.0 Å². The van der Waals surface area contributed by atoms with Gasteiger partial charge >= 0.3 is 6.01 Å². The number of nitrogen functional groups attached to an aromatic ring is 1. The monoisotopic (exact) mass is 263 g/mol. The first-order chi connectivity index (χ1) is 9.12. The third kappa shape index (κ3) is 3.09. The van der Waals surface area contributed by atoms with Gasteiger partial charge < -0.3 is 15.8 Å². The quantitative estimate of drug-likeness (QED) is 0.803. The van der Waals surface area contributed by atoms with Crippen LogP contribution in [0.3, 0.4) is 0 Å². The van der Waals surface area contributed by atoms with Crippen LogP contribution >= 0.6 is 0 Å². The van der Waals surface area contributed by atoms with Gasteiger partial charge in [0.1, 0.15) is 0 Å². The van der Waals surface area contributed by atoms with Crippen molar-refractivity contribution >= 4 is 11.9 Å². The Morgan fingerprint density at radius 3 is 2.84 bits per heavy atom. The molecule has 0 amide bonds. The normalized spacial score (nSPS) is 10.5. The summed E-state index contributed by atoms with van der Waals surface area (Å²) in [7, 11) is 3.38. The molecule has 19 heavy (non-hydrogen) atoms. The summed E-state index contributed by atoms with van der Waals surface area (Å²) in [5.74, 6) is 0.506. The van der Waals surface area contributed by atoms with Gasteiger partial charge in [-0.1, -0.05) is 6.92 Å². The lowest BCUT2D eigenvalue weighted by molar-refractivity contribution is 0.379. The molecular formula is C11H17N7O. The smallest absolute Gasteiger partial charge is 0.322 e. The van der Waals surface area contributed by atoms with E-state index in [1.54, 1.807) is 4.68 Å². The summed E-state index contributed by atoms with van der Waals surface area (Å²) in [5.41, 5.74) is 7.71. The van der Waals surface area contributed by atoms with Crippen molar-refractivity contribution < 1.29 is 4.74 Å². The molecule has 0 radical (unpaired) electrons. The standard InChI is InChI=1S/C11H17N7O/c1-4-8-7(6-18(2)17-8)5-13-10-14-9(12)15-11(16-10)19-3/h6H,4-5H2,1-3H3,(H3,12,13,14,15,16). The van der Waals surface area contributed by atoms with Crippen molar-refractivity contribution in [3.63, 3.8) is 0 Å². The van der Waals surface area contributed by atoms with Crippen LogP contribution < -0.4 is 15.8 Å². The molecule has 2 rings (SSSR count). The molecule has 8 heteroatoms. The number of aryl methyl sites for hydroxylation is 2. The van der Waals surface area contributed by atoms with Crippen molar-refractivity contribution in [1.29, 1.82) is 0 Å². The molecule has 102 valence electrons. The first-order valence-corrected chi connectivity index (χ1v) is 5.93. The molecule has 0 saturated carbocycles. The zero-order valence-electron chi connectivity index (χ0n) is 11.2. The van der Waals surface area contributed by atoms with Gasteiger partial charge in [0.25, 0.3) is 0 Å². The van der Waals surface area contributed by atoms with E-state index in [1.165, 1.54) is 7.11 Å². The predicted molar refractivity (Wildman–Crippen MR) is 70.7 cm³/mol. The summed E-state index contributed by atoms with van der Waals surface area (Å²) in [4.78, 5) is 11.9. The fourth-order valence-corrected chi connectivity index (χ4v) is 1.75. The Labute approximate surface area is 111 Å². The Balaban J connectivity index is 2.11. The Morgan fingerprint density at radius 2 is 2.16 bits per heavy atom. The van der Waals surface area contributed by atoms with E-state index in [9.17, 15) is 0 Å². The number of hydrogen-bond donors (Lipinski definition) is 2. The molecule has 0 aromatic carbocycles. The molecular weight excluding hydrogens is 246 g/mol. The second kappa shape index (κ2) is 5.51. The highest BCUT2D eigenvalue weighted by Gasteiger charge is 2.08. The maximum atomic E-state index is 5.57. The first kappa shape index (κ1) is 13.1. The third-order valence-corrected chi connectivity index (χ3v) is 2.58. The number of aromatic nitrogens is 5. The van der Waals surface area contributed by atoms with E-state index < -0.39 is 0 Å². The maximum Gasteiger partial charge on any atom is 0.322 e. The molecule has 0 fully saturated rings. The summed E-state index contributed by atoms with van der Waals surface area (Å²) in [6, 6.07) is 0.192. The minimum Gasteiger partial charge on any atom is -0.467 e. The Bertz CT molecular complexity index is 566. The van der Waals surface area contributed by atoms with Gasteiger partial charge in [0.15, 0.2) is 0 Å². The predicted octanol–water partition coefficient (Wildman–Crippen LogP) is 0.370. The van der Waals surface area contributed by atoms with E-state index >= 15 is 0 Å². The van der Waals surface area contributed by atoms with E-state index in [0.717, 1.165) is 17.7 Å². The van der Waals surface area contributed by atoms with Gasteiger partial charge in [-0.15, -0.1) is 0 Å². The van der Waals surface area contributed by atoms with E-state index in [2.05, 4.69) is 32.3 Å². The zero-order chi connectivity index (χ0) is 13.8. The molecule has 0 unspecified atom stereocenters. The van der Waals surface area contributed by atoms with E-state index in [1.807, 2.05) is 13.2 Å². The lowest BCUT2D eigenvalue weighted by Crippen LogP contribution is -2.08. The van der Waals surface area contributed by atoms with Gasteiger partial charge in [-0.25, -0.2) is 0 Å². The molecule has 0 aliphatic heterocycles. The van der Waals surface area contributed by atoms with Crippen LogP contribution in [0, 0.1) is 0 Å². The van der Waals surface area contributed by atoms with E-state index in [-0.39, 0.29) is 12.0 Å². The molecule has 0 saturated heterocycles. The summed E-state index contributed by atoms with van der Waals surface area (Å²) in [5, 5.41) is 7.46. The summed E-state index contributed by atoms with van der Waals surface area (Å²) >= 11 is 0. The average Bonchev–Trinajstić information content (AvgIpc) is 2.76. The van der Waals surface area contributed by atoms with Crippen LogP contribution in [-0.4, -0.2) is 31.8 Å². The second-order valence-corrected chi connectivity index (χ2v) is 3.99. The summed E-state index contributed by atoms with van der Waals surface area (Å²) in [6.45, 7) is 2.64. The topological polar surface area (TPSA) is 104 Å². The van der Waals surface area contributed by atoms with Gasteiger partial charge in [0, 0.05) is 25.4 Å². The van der Waals surface area contributed by atoms with Gasteiger partial charge in [-0.2, -0.15) is 20.1 Å². The van der Waals surface area contributed by atoms with E-state index in [4.69, 9.17) is 10.5 Å². The van der Waals surface area contributed by atoms with Crippen molar-refractivity contribution in [2.75, 3.05) is 18.2 Å². The molecule has 0 aliphatic carbocycles. The Kier molecular flexibility index (Phi) is 3.79. The number of nitrogens with two attached hydrogens (primary N) is 1. The van der Waals surface area contributed by atoms with Crippen LogP contribution in [0.15, 0.2) is 6.20 Å². The first-order valence-electron chi connectivity index (χ1n) is 5.93. The number of ether oxygens (including phenoxy) is 1. The van der Waals surface area contributed by atoms with Gasteiger partial charge in [0.2, 0.25) is 11.9 Å². The van der Waals surface area contributed by atoms with Gasteiger partial charge in [0.05, 0.1) is 12.8 Å². The minimum absolute atomic E-state index is 0.122. The molecule has 8 nitrogen and oxygen atoms in total. The zero-order valence-corrected chi connectivity index (χ0v) is 11.2. The summed E-state index contributed by atoms with van der Waals surface area (Å²) in [6.07, 6.45) is 2.84. The highest BCUT2D eigenvalue weighted by Crippen LogP contribution is 2.12. The van der Waals surface area contributed by atoms with Crippen molar-refractivity contribution in [2.45, 2.75) is 19.9 Å². The largest absolute Gasteiger partial charge is 0.467 e. The fraction of sp³-hybridized carbons (Fsp3) is 0.455. The number of rotatable bonds is 5. The fourth-order valence-electron chi connectivity index (χ4n) is 1.75. The number of methoxy groups -OCH3 is 1. The van der Waals surface area contributed by atoms with Gasteiger partial charge in [-0.3, -0.25) is 4.68 Å². The van der Waals surface area contributed by atoms with Crippen molar-refractivity contribution in [2.24, 2.45) is 7.05 Å². The number of nitrogens with one attached hydrogen (secondary N) is 1. The molecule has 0 aliphatic rings. The highest BCUT2D eigenvalue weighted by molar-refractivity contribution is 5.34. The minimum atomic E-state index is 0.122. The van der Waals surface area contributed by atoms with Crippen molar-refractivity contribution in [3.8, 4) is 6.01 Å². The molecule has 0 atom stereocenters. The lowest BCUT2D eigenvalue weighted by atomic mass is 10.2. The van der Waals surface area contributed by atoms with Crippen molar-refractivity contribution in [1.82, 2.24) is 24.7 Å². The highest BCUT2D eigenvalue weighted by atomic mass is 16.5. The third-order valence-electron chi connectivity index (χ3n) is 2.58. The van der Waals surface area contributed by atoms with E-state index in [0.29, 0.717) is 12.5 Å². The maximum absolute atomic E-state index is 5.57. The summed E-state index contributed by atoms with van der Waals surface area (Å²) < 4.78 is 6.73. The molecule has 3 N–H and O–H groups in total. The van der Waals surface area contributed by atoms with Crippen LogP contribution in [0.4, 0.5) is 11.9 Å². The Morgan fingerprint density at radius 1 is 1.37 bits per heavy atom. The molecule has 2 aromatic heterocycles. The number of hydrogen-bond acceptors (Lipinski definition) is 7. The van der Waals surface area contributed by atoms with Crippen LogP contribution in [0.1, 0.15) is 18.2 Å². The molecule has 0 spiro atoms. The van der Waals surface area contributed by atoms with Crippen LogP contribution in [0.2, 0.25) is 0 Å². The van der Waals surface area contributed by atoms with Crippen molar-refractivity contribution in [3.05, 3.63) is 17.5 Å². The number of nitrogens with zero attached hydrogens (tertiary/aromatic N) is 5. The molecule has 2 heterocycles. The second-order valence-electron chi connectivity index (χ2n) is 3.99.